The summed E-state index contributed by atoms with van der Waals surface area (Å²) in [4.78, 5) is 0. The van der Waals surface area contributed by atoms with E-state index in [-0.39, 0.29) is 26.4 Å². The highest BCUT2D eigenvalue weighted by Gasteiger charge is 2.62. The van der Waals surface area contributed by atoms with Gasteiger partial charge in [-0.25, -0.2) is 0 Å². The highest BCUT2D eigenvalue weighted by Crippen LogP contribution is 2.70. The number of hydrogen-bond acceptors (Lipinski definition) is 18. The van der Waals surface area contributed by atoms with Gasteiger partial charge in [0.1, 0.15) is 48.8 Å². The van der Waals surface area contributed by atoms with Crippen molar-refractivity contribution >= 4 is 0 Å². The van der Waals surface area contributed by atoms with Gasteiger partial charge < -0.3 is 89.4 Å². The average Bonchev–Trinajstić information content (AvgIpc) is 1.47. The third kappa shape index (κ3) is 27.2. The molecule has 0 aromatic heterocycles. The Morgan fingerprint density at radius 1 is 0.394 bits per heavy atom. The summed E-state index contributed by atoms with van der Waals surface area (Å²) < 4.78 is 47.3. The monoisotopic (exact) mass is 1830 g/mol. The summed E-state index contributed by atoms with van der Waals surface area (Å²) in [6, 6.07) is 21.7. The number of rotatable bonds is 50. The maximum Gasteiger partial charge on any atom is 0.186 e. The molecule has 2 aliphatic heterocycles. The summed E-state index contributed by atoms with van der Waals surface area (Å²) in [6.07, 6.45) is 38.3. The van der Waals surface area contributed by atoms with Crippen LogP contribution in [0.15, 0.2) is 84.0 Å². The van der Waals surface area contributed by atoms with E-state index in [0.29, 0.717) is 73.3 Å². The molecule has 3 aromatic carbocycles. The first kappa shape index (κ1) is 105. The number of benzene rings is 3. The molecule has 2 heterocycles. The molecule has 0 amide bonds. The van der Waals surface area contributed by atoms with Gasteiger partial charge in [-0.1, -0.05) is 230 Å². The van der Waals surface area contributed by atoms with Gasteiger partial charge in [0, 0.05) is 61.6 Å². The van der Waals surface area contributed by atoms with Gasteiger partial charge in [0.2, 0.25) is 0 Å². The SMILES string of the molecule is CC(C)CCC[C@@H](C)[C@H]1CC[C@H]2[C@@H]3CC=C4CC(OCCCCCCCCc5cc(C#Cc6ccc(CNCCOCCO[C@@H]7O[C@H](CO)[C@@H](O)[C@H](O)[C@H]7O)cc6)c(CCCCCCCCOC6CC[C@@]7(C)C(=CC[C@H]8[C@@H]9CC[C@H]([C@H](C)CCCC(C)C)[C@@]9(C)CC[C@@H]87)C6)cc5C#Cc5ccc(CNCCOCCO[C@@H]6O[C@H](CO)[C@@H](O)[C@H](O)[C@H]6O)cc5)CC[C@]4(C)[C@H]3CC[C@]12C. The predicted octanol–water partition coefficient (Wildman–Crippen LogP) is 19.0. The van der Waals surface area contributed by atoms with Gasteiger partial charge in [-0.2, -0.15) is 0 Å². The first-order chi connectivity index (χ1) is 63.8. The second kappa shape index (κ2) is 51.1. The zero-order chi connectivity index (χ0) is 93.4. The smallest absolute Gasteiger partial charge is 0.186 e. The molecule has 0 spiro atoms. The highest BCUT2D eigenvalue weighted by molar-refractivity contribution is 5.56. The quantitative estimate of drug-likeness (QED) is 0.0143. The van der Waals surface area contributed by atoms with Crippen LogP contribution in [-0.2, 0) is 63.8 Å². The number of aliphatic hydroxyl groups excluding tert-OH is 8. The number of allylic oxidation sites excluding steroid dienone is 2. The third-order valence-corrected chi connectivity index (χ3v) is 35.0. The average molecular weight is 1830 g/mol. The van der Waals surface area contributed by atoms with Crippen molar-refractivity contribution in [3.8, 4) is 23.7 Å². The summed E-state index contributed by atoms with van der Waals surface area (Å²) in [6.45, 7) is 30.2. The van der Waals surface area contributed by atoms with Crippen LogP contribution in [0.25, 0.3) is 0 Å². The second-order valence-corrected chi connectivity index (χ2v) is 44.6. The number of aliphatic hydroxyl groups is 8. The lowest BCUT2D eigenvalue weighted by Crippen LogP contribution is -2.59. The molecule has 132 heavy (non-hydrogen) atoms. The molecule has 10 aliphatic rings. The Morgan fingerprint density at radius 2 is 0.788 bits per heavy atom. The Kier molecular flexibility index (Phi) is 40.6. The number of nitrogens with one attached hydrogen (secondary N) is 2. The van der Waals surface area contributed by atoms with Crippen molar-refractivity contribution in [2.45, 2.75) is 387 Å². The fourth-order valence-electron chi connectivity index (χ4n) is 27.2. The van der Waals surface area contributed by atoms with Crippen molar-refractivity contribution < 1.29 is 78.7 Å². The minimum absolute atomic E-state index is 0.0953. The first-order valence-electron chi connectivity index (χ1n) is 53.2. The van der Waals surface area contributed by atoms with Crippen LogP contribution in [0, 0.1) is 116 Å². The number of unbranched alkanes of at least 4 members (excludes halogenated alkanes) is 10. The van der Waals surface area contributed by atoms with E-state index in [2.05, 4.69) is 176 Å². The Balaban J connectivity index is 0.611. The molecule has 13 rings (SSSR count). The minimum atomic E-state index is -1.49. The zero-order valence-electron chi connectivity index (χ0n) is 83.0. The molecule has 3 aromatic rings. The summed E-state index contributed by atoms with van der Waals surface area (Å²) in [7, 11) is 0. The first-order valence-corrected chi connectivity index (χ1v) is 53.2. The molecule has 10 N–H and O–H groups in total. The van der Waals surface area contributed by atoms with Crippen LogP contribution in [0.1, 0.15) is 332 Å². The molecular weight excluding hydrogens is 1650 g/mol. The van der Waals surface area contributed by atoms with Crippen LogP contribution in [0.3, 0.4) is 0 Å². The molecule has 2 saturated heterocycles. The van der Waals surface area contributed by atoms with E-state index < -0.39 is 74.6 Å². The third-order valence-electron chi connectivity index (χ3n) is 35.0. The number of ether oxygens (including phenoxy) is 8. The predicted molar refractivity (Wildman–Crippen MR) is 524 cm³/mol. The Morgan fingerprint density at radius 3 is 1.18 bits per heavy atom. The van der Waals surface area contributed by atoms with Crippen LogP contribution in [0.2, 0.25) is 0 Å². The standard InChI is InChI=1S/C114H176N2O16/c1-77(2)25-23-27-79(5)95-47-49-97-93-45-43-89-71-91(51-55-111(89,7)99(93)53-57-113(95,97)9)127-61-21-17-13-11-15-19-29-85-69-88(42-40-82-33-37-84(38-34-82)74-116-60-64-126-66-68-130-110-108(124)106(122)104(120)102(76-118)132-110)86(70-87(85)41-39-81-31-35-83(36-32-81)73-115-59-63-125-65-67-129-109-107(123)105(121)103(119)101(75-117)131-109)30-20-16-12-14-18-22-62-128-92-52-56-112(8)90(72-92)44-46-94-98-50-48-96(80(6)28-24-26-78(3)4)114(98,10)58-54-100(94)112/h31-38,43-44,69-70,77-80,91-110,115-124H,11-30,45-68,71-76H2,1-10H3/t79-,80-,91?,92?,93+,94+,95-,96-,97+,98+,99+,100+,101-,102-,103-,104-,105+,106+,107-,108-,109-,110-,111+,112+,113-,114-/m1/s1. The molecule has 8 fully saturated rings. The summed E-state index contributed by atoms with van der Waals surface area (Å²) in [5, 5.41) is 87.2. The van der Waals surface area contributed by atoms with Crippen LogP contribution < -0.4 is 10.6 Å². The van der Waals surface area contributed by atoms with Crippen molar-refractivity contribution in [3.05, 3.63) is 128 Å². The molecule has 738 valence electrons. The molecule has 8 aliphatic carbocycles. The van der Waals surface area contributed by atoms with Gasteiger partial charge in [0.05, 0.1) is 65.1 Å². The molecule has 0 bridgehead atoms. The van der Waals surface area contributed by atoms with E-state index in [0.717, 1.165) is 182 Å². The van der Waals surface area contributed by atoms with Gasteiger partial charge >= 0.3 is 0 Å². The van der Waals surface area contributed by atoms with E-state index in [1.165, 1.54) is 178 Å². The van der Waals surface area contributed by atoms with Gasteiger partial charge in [-0.05, 0) is 293 Å². The molecule has 18 heteroatoms. The van der Waals surface area contributed by atoms with Crippen molar-refractivity contribution in [1.82, 2.24) is 10.6 Å². The van der Waals surface area contributed by atoms with Gasteiger partial charge in [-0.15, -0.1) is 0 Å². The normalized spacial score (nSPS) is 33.5. The molecule has 18 nitrogen and oxygen atoms in total. The highest BCUT2D eigenvalue weighted by atomic mass is 16.7. The van der Waals surface area contributed by atoms with Crippen molar-refractivity contribution in [2.24, 2.45) is 92.7 Å². The van der Waals surface area contributed by atoms with Crippen LogP contribution in [-0.4, -0.2) is 194 Å². The van der Waals surface area contributed by atoms with Crippen LogP contribution in [0.5, 0.6) is 0 Å². The van der Waals surface area contributed by atoms with Crippen molar-refractivity contribution in [1.29, 1.82) is 0 Å². The van der Waals surface area contributed by atoms with Gasteiger partial charge in [-0.3, -0.25) is 0 Å². The van der Waals surface area contributed by atoms with E-state index in [1.54, 1.807) is 11.1 Å². The fourth-order valence-corrected chi connectivity index (χ4v) is 27.2. The van der Waals surface area contributed by atoms with E-state index in [4.69, 9.17) is 37.9 Å². The summed E-state index contributed by atoms with van der Waals surface area (Å²) in [5.74, 6) is 24.9. The van der Waals surface area contributed by atoms with Crippen LogP contribution >= 0.6 is 0 Å². The zero-order valence-corrected chi connectivity index (χ0v) is 83.0. The second-order valence-electron chi connectivity index (χ2n) is 44.6. The van der Waals surface area contributed by atoms with E-state index >= 15 is 0 Å². The Hall–Kier alpha value is -4.46. The number of hydrogen-bond donors (Lipinski definition) is 10. The van der Waals surface area contributed by atoms with Crippen molar-refractivity contribution in [3.63, 3.8) is 0 Å². The molecule has 0 radical (unpaired) electrons. The Labute approximate surface area is 796 Å². The molecule has 2 unspecified atom stereocenters. The lowest BCUT2D eigenvalue weighted by atomic mass is 9.47. The lowest BCUT2D eigenvalue weighted by molar-refractivity contribution is -0.302. The number of aryl methyl sites for hydroxylation is 2. The fraction of sp³-hybridized carbons (Fsp3) is 0.772. The van der Waals surface area contributed by atoms with Gasteiger partial charge in [0.25, 0.3) is 0 Å². The largest absolute Gasteiger partial charge is 0.394 e. The summed E-state index contributed by atoms with van der Waals surface area (Å²) in [5.41, 5.74) is 14.0. The number of fused-ring (bicyclic) bond motifs is 10. The van der Waals surface area contributed by atoms with E-state index in [9.17, 15) is 40.9 Å². The van der Waals surface area contributed by atoms with Crippen LogP contribution in [0.4, 0.5) is 0 Å². The maximum absolute atomic E-state index is 10.3. The molecular formula is C114H176N2O16. The van der Waals surface area contributed by atoms with Gasteiger partial charge in [0.15, 0.2) is 12.6 Å². The molecule has 26 atom stereocenters. The molecule has 6 saturated carbocycles. The Bertz CT molecular complexity index is 3880. The minimum Gasteiger partial charge on any atom is -0.394 e. The maximum atomic E-state index is 10.3. The van der Waals surface area contributed by atoms with Crippen molar-refractivity contribution in [2.75, 3.05) is 79.2 Å². The van der Waals surface area contributed by atoms with E-state index in [1.807, 2.05) is 0 Å². The summed E-state index contributed by atoms with van der Waals surface area (Å²) >= 11 is 0. The lowest BCUT2D eigenvalue weighted by Gasteiger charge is -2.58. The topological polar surface area (TPSA) is 260 Å².